The number of nitrogens with one attached hydrogen (secondary N) is 1. The van der Waals surface area contributed by atoms with E-state index in [9.17, 15) is 13.2 Å². The molecular formula is C17H14F3N7O. The minimum atomic E-state index is -4.70. The van der Waals surface area contributed by atoms with Crippen molar-refractivity contribution in [3.8, 4) is 0 Å². The largest absolute Gasteiger partial charge is 0.470 e. The van der Waals surface area contributed by atoms with Gasteiger partial charge in [-0.05, 0) is 25.1 Å². The highest BCUT2D eigenvalue weighted by Crippen LogP contribution is 2.38. The smallest absolute Gasteiger partial charge is 0.399 e. The standard InChI is InChI=1S/C17H14F3N7O/c1-9-3-2-4-10-7-12(25-27(9)10)14-13-11(21-8-22-13)5-6-26(14)16-24-23-15(28-16)17(18,19)20/h2-4,7-8,14H,5-6H2,1H3,(H,21,22). The fourth-order valence-electron chi connectivity index (χ4n) is 3.53. The first-order valence-corrected chi connectivity index (χ1v) is 8.56. The molecule has 1 N–H and O–H groups in total. The summed E-state index contributed by atoms with van der Waals surface area (Å²) in [6.45, 7) is 2.31. The van der Waals surface area contributed by atoms with Crippen molar-refractivity contribution in [2.24, 2.45) is 0 Å². The maximum Gasteiger partial charge on any atom is 0.470 e. The molecule has 0 saturated carbocycles. The van der Waals surface area contributed by atoms with E-state index >= 15 is 0 Å². The van der Waals surface area contributed by atoms with E-state index < -0.39 is 18.1 Å². The summed E-state index contributed by atoms with van der Waals surface area (Å²) < 4.78 is 45.5. The van der Waals surface area contributed by atoms with Gasteiger partial charge in [-0.25, -0.2) is 9.50 Å². The minimum Gasteiger partial charge on any atom is -0.399 e. The summed E-state index contributed by atoms with van der Waals surface area (Å²) in [6, 6.07) is 6.89. The lowest BCUT2D eigenvalue weighted by Gasteiger charge is -2.32. The van der Waals surface area contributed by atoms with Crippen molar-refractivity contribution in [3.63, 3.8) is 0 Å². The van der Waals surface area contributed by atoms with Gasteiger partial charge in [0, 0.05) is 24.4 Å². The average molecular weight is 389 g/mol. The number of hydrogen-bond acceptors (Lipinski definition) is 6. The lowest BCUT2D eigenvalue weighted by atomic mass is 10.0. The van der Waals surface area contributed by atoms with Crippen molar-refractivity contribution in [1.29, 1.82) is 0 Å². The molecule has 0 bridgehead atoms. The Kier molecular flexibility index (Phi) is 3.48. The number of hydrogen-bond donors (Lipinski definition) is 1. The number of halogens is 3. The molecule has 11 heteroatoms. The number of aromatic amines is 1. The third kappa shape index (κ3) is 2.53. The molecule has 0 saturated heterocycles. The summed E-state index contributed by atoms with van der Waals surface area (Å²) >= 11 is 0. The average Bonchev–Trinajstić information content (AvgIpc) is 3.38. The lowest BCUT2D eigenvalue weighted by Crippen LogP contribution is -2.37. The van der Waals surface area contributed by atoms with Gasteiger partial charge in [0.1, 0.15) is 6.04 Å². The second-order valence-electron chi connectivity index (χ2n) is 6.57. The van der Waals surface area contributed by atoms with Crippen LogP contribution in [-0.4, -0.2) is 36.3 Å². The minimum absolute atomic E-state index is 0.209. The molecule has 28 heavy (non-hydrogen) atoms. The van der Waals surface area contributed by atoms with E-state index in [1.165, 1.54) is 0 Å². The number of rotatable bonds is 2. The summed E-state index contributed by atoms with van der Waals surface area (Å²) in [5.41, 5.74) is 4.03. The van der Waals surface area contributed by atoms with E-state index in [0.717, 1.165) is 16.9 Å². The summed E-state index contributed by atoms with van der Waals surface area (Å²) in [5, 5.41) is 11.4. The van der Waals surface area contributed by atoms with E-state index in [1.807, 2.05) is 31.2 Å². The van der Waals surface area contributed by atoms with Crippen LogP contribution < -0.4 is 4.90 Å². The molecule has 1 atom stereocenters. The van der Waals surface area contributed by atoms with Crippen molar-refractivity contribution in [3.05, 3.63) is 59.3 Å². The Morgan fingerprint density at radius 2 is 2.11 bits per heavy atom. The van der Waals surface area contributed by atoms with Crippen molar-refractivity contribution in [1.82, 2.24) is 29.8 Å². The van der Waals surface area contributed by atoms with Crippen molar-refractivity contribution in [2.45, 2.75) is 25.6 Å². The monoisotopic (exact) mass is 389 g/mol. The normalized spacial score (nSPS) is 17.3. The molecule has 4 aromatic rings. The maximum atomic E-state index is 12.9. The maximum absolute atomic E-state index is 12.9. The van der Waals surface area contributed by atoms with E-state index in [4.69, 9.17) is 4.42 Å². The van der Waals surface area contributed by atoms with Gasteiger partial charge in [0.2, 0.25) is 0 Å². The first kappa shape index (κ1) is 16.8. The van der Waals surface area contributed by atoms with Gasteiger partial charge in [-0.1, -0.05) is 11.2 Å². The van der Waals surface area contributed by atoms with Crippen LogP contribution in [0.25, 0.3) is 5.52 Å². The first-order chi connectivity index (χ1) is 13.4. The number of aryl methyl sites for hydroxylation is 1. The zero-order valence-electron chi connectivity index (χ0n) is 14.6. The molecule has 0 aliphatic carbocycles. The number of aromatic nitrogens is 6. The Morgan fingerprint density at radius 3 is 2.86 bits per heavy atom. The van der Waals surface area contributed by atoms with Crippen LogP contribution in [0.3, 0.4) is 0 Å². The van der Waals surface area contributed by atoms with Crippen LogP contribution in [0.2, 0.25) is 0 Å². The fourth-order valence-corrected chi connectivity index (χ4v) is 3.53. The van der Waals surface area contributed by atoms with Gasteiger partial charge in [0.25, 0.3) is 0 Å². The van der Waals surface area contributed by atoms with Gasteiger partial charge < -0.3 is 14.3 Å². The molecule has 0 fully saturated rings. The summed E-state index contributed by atoms with van der Waals surface area (Å²) in [7, 11) is 0. The Labute approximate surface area is 156 Å². The van der Waals surface area contributed by atoms with Crippen LogP contribution in [-0.2, 0) is 12.6 Å². The number of pyridine rings is 1. The lowest BCUT2D eigenvalue weighted by molar-refractivity contribution is -0.157. The topological polar surface area (TPSA) is 88.1 Å². The number of H-pyrrole nitrogens is 1. The summed E-state index contributed by atoms with van der Waals surface area (Å²) in [5.74, 6) is -1.38. The molecule has 1 aliphatic rings. The molecule has 0 amide bonds. The van der Waals surface area contributed by atoms with E-state index in [1.54, 1.807) is 15.7 Å². The summed E-state index contributed by atoms with van der Waals surface area (Å²) in [4.78, 5) is 9.08. The highest BCUT2D eigenvalue weighted by Gasteiger charge is 2.41. The van der Waals surface area contributed by atoms with Crippen molar-refractivity contribution in [2.75, 3.05) is 11.4 Å². The Balaban J connectivity index is 1.64. The third-order valence-electron chi connectivity index (χ3n) is 4.80. The zero-order chi connectivity index (χ0) is 19.5. The van der Waals surface area contributed by atoms with E-state index in [0.29, 0.717) is 24.4 Å². The second-order valence-corrected chi connectivity index (χ2v) is 6.57. The Hall–Kier alpha value is -3.37. The van der Waals surface area contributed by atoms with Crippen molar-refractivity contribution >= 4 is 11.5 Å². The highest BCUT2D eigenvalue weighted by molar-refractivity contribution is 5.52. The van der Waals surface area contributed by atoms with Crippen LogP contribution in [0.4, 0.5) is 19.2 Å². The van der Waals surface area contributed by atoms with Gasteiger partial charge in [-0.15, -0.1) is 5.10 Å². The molecule has 5 rings (SSSR count). The number of alkyl halides is 3. The SMILES string of the molecule is Cc1cccc2cc(C3c4nc[nH]c4CCN3c3nnc(C(F)(F)F)o3)nn12. The summed E-state index contributed by atoms with van der Waals surface area (Å²) in [6.07, 6.45) is -2.58. The molecular weight excluding hydrogens is 375 g/mol. The number of nitrogens with zero attached hydrogens (tertiary/aromatic N) is 6. The van der Waals surface area contributed by atoms with Crippen LogP contribution in [0, 0.1) is 6.92 Å². The molecule has 1 unspecified atom stereocenters. The van der Waals surface area contributed by atoms with Gasteiger partial charge in [-0.2, -0.15) is 18.3 Å². The van der Waals surface area contributed by atoms with Crippen LogP contribution >= 0.6 is 0 Å². The van der Waals surface area contributed by atoms with Crippen LogP contribution in [0.1, 0.15) is 34.7 Å². The van der Waals surface area contributed by atoms with Gasteiger partial charge >= 0.3 is 18.1 Å². The zero-order valence-corrected chi connectivity index (χ0v) is 14.6. The van der Waals surface area contributed by atoms with Gasteiger partial charge in [0.15, 0.2) is 0 Å². The number of anilines is 1. The second kappa shape index (κ2) is 5.81. The van der Waals surface area contributed by atoms with E-state index in [-0.39, 0.29) is 6.01 Å². The van der Waals surface area contributed by atoms with Crippen molar-refractivity contribution < 1.29 is 17.6 Å². The highest BCUT2D eigenvalue weighted by atomic mass is 19.4. The molecule has 144 valence electrons. The fraction of sp³-hybridized carbons (Fsp3) is 0.294. The van der Waals surface area contributed by atoms with Crippen LogP contribution in [0.5, 0.6) is 0 Å². The van der Waals surface area contributed by atoms with Gasteiger partial charge in [-0.3, -0.25) is 0 Å². The third-order valence-corrected chi connectivity index (χ3v) is 4.80. The quantitative estimate of drug-likeness (QED) is 0.567. The molecule has 5 heterocycles. The predicted molar refractivity (Wildman–Crippen MR) is 90.7 cm³/mol. The molecule has 1 aliphatic heterocycles. The molecule has 8 nitrogen and oxygen atoms in total. The number of imidazole rings is 1. The van der Waals surface area contributed by atoms with Crippen LogP contribution in [0.15, 0.2) is 35.0 Å². The molecule has 0 spiro atoms. The predicted octanol–water partition coefficient (Wildman–Crippen LogP) is 2.92. The first-order valence-electron chi connectivity index (χ1n) is 8.56. The molecule has 0 radical (unpaired) electrons. The number of fused-ring (bicyclic) bond motifs is 2. The van der Waals surface area contributed by atoms with Gasteiger partial charge in [0.05, 0.1) is 23.2 Å². The Bertz CT molecular complexity index is 1160. The van der Waals surface area contributed by atoms with E-state index in [2.05, 4.69) is 25.3 Å². The Morgan fingerprint density at radius 1 is 1.25 bits per heavy atom. The molecule has 4 aromatic heterocycles. The molecule has 0 aromatic carbocycles.